The lowest BCUT2D eigenvalue weighted by atomic mass is 9.93. The second-order valence-electron chi connectivity index (χ2n) is 4.99. The minimum Gasteiger partial charge on any atom is -0.206 e. The Morgan fingerprint density at radius 1 is 0.429 bits per heavy atom. The van der Waals surface area contributed by atoms with Crippen LogP contribution in [0.3, 0.4) is 0 Å². The van der Waals surface area contributed by atoms with Gasteiger partial charge in [0, 0.05) is 16.2 Å². The number of hydrogen-bond donors (Lipinski definition) is 0. The van der Waals surface area contributed by atoms with Gasteiger partial charge in [-0.15, -0.1) is 0 Å². The van der Waals surface area contributed by atoms with Crippen molar-refractivity contribution in [1.29, 1.82) is 0 Å². The summed E-state index contributed by atoms with van der Waals surface area (Å²) in [6.45, 7) is 0. The van der Waals surface area contributed by atoms with Crippen LogP contribution < -0.4 is 0 Å². The molecule has 0 radical (unpaired) electrons. The summed E-state index contributed by atoms with van der Waals surface area (Å²) >= 11 is 0. The zero-order valence-electron chi connectivity index (χ0n) is 10.8. The molecule has 0 atom stereocenters. The second kappa shape index (κ2) is 4.22. The minimum atomic E-state index is -0.548. The summed E-state index contributed by atoms with van der Waals surface area (Å²) in [5.74, 6) is -1.49. The van der Waals surface area contributed by atoms with Crippen molar-refractivity contribution in [2.24, 2.45) is 0 Å². The third kappa shape index (κ3) is 1.57. The van der Waals surface area contributed by atoms with E-state index in [1.54, 1.807) is 30.3 Å². The molecule has 0 spiro atoms. The minimum absolute atomic E-state index is 0.128. The van der Waals surface area contributed by atoms with Crippen LogP contribution in [-0.4, -0.2) is 0 Å². The van der Waals surface area contributed by atoms with Crippen LogP contribution >= 0.6 is 0 Å². The standard InChI is InChI=1S/C18H9F3/c19-13-7-3-6-12-16(13)10-4-1-2-5-11(10)17-14(20)8-9-15(21)18(12)17/h1-9H. The molecule has 21 heavy (non-hydrogen) atoms. The smallest absolute Gasteiger partial charge is 0.131 e. The highest BCUT2D eigenvalue weighted by molar-refractivity contribution is 6.25. The summed E-state index contributed by atoms with van der Waals surface area (Å²) in [5, 5.41) is 2.14. The van der Waals surface area contributed by atoms with Gasteiger partial charge in [0.2, 0.25) is 0 Å². The predicted molar refractivity (Wildman–Crippen MR) is 78.8 cm³/mol. The van der Waals surface area contributed by atoms with E-state index in [9.17, 15) is 13.2 Å². The highest BCUT2D eigenvalue weighted by Gasteiger charge is 2.16. The van der Waals surface area contributed by atoms with E-state index in [1.165, 1.54) is 12.1 Å². The molecule has 102 valence electrons. The van der Waals surface area contributed by atoms with E-state index < -0.39 is 17.5 Å². The molecule has 4 rings (SSSR count). The number of halogens is 3. The maximum absolute atomic E-state index is 14.3. The lowest BCUT2D eigenvalue weighted by molar-refractivity contribution is 0.618. The first-order valence-electron chi connectivity index (χ1n) is 6.55. The second-order valence-corrected chi connectivity index (χ2v) is 4.99. The van der Waals surface area contributed by atoms with Gasteiger partial charge in [0.15, 0.2) is 0 Å². The molecule has 0 heterocycles. The largest absolute Gasteiger partial charge is 0.206 e. The lowest BCUT2D eigenvalue weighted by Gasteiger charge is -2.12. The van der Waals surface area contributed by atoms with Gasteiger partial charge in [0.05, 0.1) is 0 Å². The van der Waals surface area contributed by atoms with Crippen LogP contribution in [0.5, 0.6) is 0 Å². The summed E-state index contributed by atoms with van der Waals surface area (Å²) in [6.07, 6.45) is 0. The first kappa shape index (κ1) is 12.2. The van der Waals surface area contributed by atoms with E-state index in [0.717, 1.165) is 12.1 Å². The zero-order chi connectivity index (χ0) is 14.6. The molecular formula is C18H9F3. The van der Waals surface area contributed by atoms with E-state index in [-0.39, 0.29) is 10.8 Å². The Bertz CT molecular complexity index is 1020. The summed E-state index contributed by atoms with van der Waals surface area (Å²) in [5.41, 5.74) is 0. The van der Waals surface area contributed by atoms with Gasteiger partial charge in [-0.3, -0.25) is 0 Å². The summed E-state index contributed by atoms with van der Waals surface area (Å²) in [6, 6.07) is 13.6. The molecule has 0 nitrogen and oxygen atoms in total. The Hall–Kier alpha value is -2.55. The van der Waals surface area contributed by atoms with Crippen LogP contribution in [0.1, 0.15) is 0 Å². The van der Waals surface area contributed by atoms with Crippen molar-refractivity contribution >= 4 is 32.3 Å². The van der Waals surface area contributed by atoms with E-state index >= 15 is 0 Å². The van der Waals surface area contributed by atoms with Crippen molar-refractivity contribution in [2.45, 2.75) is 0 Å². The number of rotatable bonds is 0. The molecular weight excluding hydrogens is 273 g/mol. The molecule has 4 aromatic carbocycles. The number of benzene rings is 4. The maximum Gasteiger partial charge on any atom is 0.131 e. The third-order valence-electron chi connectivity index (χ3n) is 3.85. The predicted octanol–water partition coefficient (Wildman–Crippen LogP) is 5.56. The third-order valence-corrected chi connectivity index (χ3v) is 3.85. The fraction of sp³-hybridized carbons (Fsp3) is 0. The van der Waals surface area contributed by atoms with E-state index in [2.05, 4.69) is 0 Å². The molecule has 0 saturated heterocycles. The van der Waals surface area contributed by atoms with Gasteiger partial charge in [-0.1, -0.05) is 36.4 Å². The average molecular weight is 282 g/mol. The molecule has 4 aromatic rings. The van der Waals surface area contributed by atoms with E-state index in [1.807, 2.05) is 0 Å². The van der Waals surface area contributed by atoms with Gasteiger partial charge in [-0.25, -0.2) is 13.2 Å². The van der Waals surface area contributed by atoms with Gasteiger partial charge in [0.25, 0.3) is 0 Å². The highest BCUT2D eigenvalue weighted by atomic mass is 19.1. The fourth-order valence-electron chi connectivity index (χ4n) is 3.00. The molecule has 0 aromatic heterocycles. The fourth-order valence-corrected chi connectivity index (χ4v) is 3.00. The first-order valence-corrected chi connectivity index (χ1v) is 6.55. The molecule has 0 N–H and O–H groups in total. The van der Waals surface area contributed by atoms with Gasteiger partial charge in [0.1, 0.15) is 17.5 Å². The van der Waals surface area contributed by atoms with Crippen molar-refractivity contribution in [3.63, 3.8) is 0 Å². The molecule has 3 heteroatoms. The summed E-state index contributed by atoms with van der Waals surface area (Å²) < 4.78 is 42.8. The number of hydrogen-bond acceptors (Lipinski definition) is 0. The van der Waals surface area contributed by atoms with Crippen molar-refractivity contribution in [3.05, 3.63) is 72.0 Å². The monoisotopic (exact) mass is 282 g/mol. The normalized spacial score (nSPS) is 11.6. The average Bonchev–Trinajstić information content (AvgIpc) is 2.50. The van der Waals surface area contributed by atoms with Crippen LogP contribution in [0.4, 0.5) is 13.2 Å². The molecule has 0 aliphatic rings. The SMILES string of the molecule is Fc1cccc2c1c1ccccc1c1c(F)ccc(F)c21. The Kier molecular flexibility index (Phi) is 2.45. The Morgan fingerprint density at radius 3 is 1.57 bits per heavy atom. The van der Waals surface area contributed by atoms with Crippen LogP contribution in [0.25, 0.3) is 32.3 Å². The molecule has 0 fully saturated rings. The molecule has 0 bridgehead atoms. The molecule has 0 unspecified atom stereocenters. The highest BCUT2D eigenvalue weighted by Crippen LogP contribution is 2.38. The van der Waals surface area contributed by atoms with Gasteiger partial charge in [-0.05, 0) is 34.4 Å². The summed E-state index contributed by atoms with van der Waals surface area (Å²) in [4.78, 5) is 0. The van der Waals surface area contributed by atoms with Crippen LogP contribution in [-0.2, 0) is 0 Å². The van der Waals surface area contributed by atoms with Crippen molar-refractivity contribution in [2.75, 3.05) is 0 Å². The molecule has 0 aliphatic heterocycles. The Labute approximate surface area is 118 Å². The number of fused-ring (bicyclic) bond motifs is 6. The quantitative estimate of drug-likeness (QED) is 0.370. The van der Waals surface area contributed by atoms with E-state index in [4.69, 9.17) is 0 Å². The molecule has 0 amide bonds. The molecule has 0 aliphatic carbocycles. The van der Waals surface area contributed by atoms with Crippen LogP contribution in [0, 0.1) is 17.5 Å². The van der Waals surface area contributed by atoms with Crippen molar-refractivity contribution in [1.82, 2.24) is 0 Å². The zero-order valence-corrected chi connectivity index (χ0v) is 10.8. The maximum atomic E-state index is 14.3. The van der Waals surface area contributed by atoms with Gasteiger partial charge >= 0.3 is 0 Å². The van der Waals surface area contributed by atoms with Crippen molar-refractivity contribution < 1.29 is 13.2 Å². The topological polar surface area (TPSA) is 0 Å². The van der Waals surface area contributed by atoms with Crippen molar-refractivity contribution in [3.8, 4) is 0 Å². The van der Waals surface area contributed by atoms with E-state index in [0.29, 0.717) is 21.5 Å². The van der Waals surface area contributed by atoms with Crippen LogP contribution in [0.2, 0.25) is 0 Å². The first-order chi connectivity index (χ1) is 10.2. The van der Waals surface area contributed by atoms with Gasteiger partial charge < -0.3 is 0 Å². The van der Waals surface area contributed by atoms with Crippen LogP contribution in [0.15, 0.2) is 54.6 Å². The summed E-state index contributed by atoms with van der Waals surface area (Å²) in [7, 11) is 0. The van der Waals surface area contributed by atoms with Gasteiger partial charge in [-0.2, -0.15) is 0 Å². The molecule has 0 saturated carbocycles. The lowest BCUT2D eigenvalue weighted by Crippen LogP contribution is -1.91. The Balaban J connectivity index is 2.51. The Morgan fingerprint density at radius 2 is 0.905 bits per heavy atom.